The summed E-state index contributed by atoms with van der Waals surface area (Å²) in [7, 11) is 0. The Labute approximate surface area is 123 Å². The molecule has 0 aromatic carbocycles. The number of aromatic nitrogens is 2. The molecule has 1 aliphatic rings. The Kier molecular flexibility index (Phi) is 4.72. The van der Waals surface area contributed by atoms with Crippen LogP contribution in [0.3, 0.4) is 0 Å². The average molecular weight is 292 g/mol. The van der Waals surface area contributed by atoms with Gasteiger partial charge in [0, 0.05) is 31.9 Å². The van der Waals surface area contributed by atoms with Gasteiger partial charge in [-0.15, -0.1) is 0 Å². The van der Waals surface area contributed by atoms with Crippen molar-refractivity contribution >= 4 is 12.0 Å². The second-order valence-corrected chi connectivity index (χ2v) is 4.92. The van der Waals surface area contributed by atoms with Gasteiger partial charge in [0.2, 0.25) is 0 Å². The predicted octanol–water partition coefficient (Wildman–Crippen LogP) is 1.01. The van der Waals surface area contributed by atoms with Gasteiger partial charge in [-0.05, 0) is 26.8 Å². The van der Waals surface area contributed by atoms with Crippen molar-refractivity contribution in [3.63, 3.8) is 0 Å². The number of rotatable bonds is 2. The molecule has 0 N–H and O–H groups in total. The third-order valence-corrected chi connectivity index (χ3v) is 3.28. The molecule has 0 unspecified atom stereocenters. The van der Waals surface area contributed by atoms with E-state index in [1.807, 2.05) is 6.92 Å². The highest BCUT2D eigenvalue weighted by Crippen LogP contribution is 2.09. The number of carbonyl (C=O) groups excluding carboxylic acids is 2. The highest BCUT2D eigenvalue weighted by Gasteiger charge is 2.26. The lowest BCUT2D eigenvalue weighted by atomic mass is 10.2. The Morgan fingerprint density at radius 3 is 2.33 bits per heavy atom. The third kappa shape index (κ3) is 3.68. The first kappa shape index (κ1) is 15.2. The van der Waals surface area contributed by atoms with E-state index in [0.29, 0.717) is 44.3 Å². The second-order valence-electron chi connectivity index (χ2n) is 4.92. The minimum atomic E-state index is -0.321. The summed E-state index contributed by atoms with van der Waals surface area (Å²) < 4.78 is 4.96. The Morgan fingerprint density at radius 2 is 1.76 bits per heavy atom. The molecule has 0 atom stereocenters. The predicted molar refractivity (Wildman–Crippen MR) is 76.0 cm³/mol. The number of nitrogens with zero attached hydrogens (tertiary/aromatic N) is 4. The minimum absolute atomic E-state index is 0.118. The van der Waals surface area contributed by atoms with E-state index in [-0.39, 0.29) is 12.0 Å². The average Bonchev–Trinajstić information content (AvgIpc) is 2.46. The van der Waals surface area contributed by atoms with Gasteiger partial charge in [-0.25, -0.2) is 14.8 Å². The van der Waals surface area contributed by atoms with Gasteiger partial charge in [0.1, 0.15) is 11.5 Å². The molecule has 1 saturated heterocycles. The van der Waals surface area contributed by atoms with Crippen molar-refractivity contribution in [3.05, 3.63) is 23.3 Å². The molecule has 2 rings (SSSR count). The van der Waals surface area contributed by atoms with E-state index in [1.54, 1.807) is 29.7 Å². The number of aryl methyl sites for hydroxylation is 2. The first-order chi connectivity index (χ1) is 10.0. The van der Waals surface area contributed by atoms with Crippen LogP contribution in [0.2, 0.25) is 0 Å². The zero-order chi connectivity index (χ0) is 15.4. The lowest BCUT2D eigenvalue weighted by molar-refractivity contribution is 0.0565. The summed E-state index contributed by atoms with van der Waals surface area (Å²) in [6.45, 7) is 7.67. The van der Waals surface area contributed by atoms with E-state index in [1.165, 1.54) is 0 Å². The number of ether oxygens (including phenoxy) is 1. The SMILES string of the molecule is CCOC(=O)N1CCN(C(=O)c2cc(C)nc(C)n2)CC1. The third-order valence-electron chi connectivity index (χ3n) is 3.28. The van der Waals surface area contributed by atoms with Gasteiger partial charge in [0.05, 0.1) is 6.61 Å². The molecule has 21 heavy (non-hydrogen) atoms. The fourth-order valence-corrected chi connectivity index (χ4v) is 2.30. The zero-order valence-electron chi connectivity index (χ0n) is 12.6. The number of hydrogen-bond acceptors (Lipinski definition) is 5. The maximum atomic E-state index is 12.4. The summed E-state index contributed by atoms with van der Waals surface area (Å²) in [4.78, 5) is 35.7. The molecule has 0 bridgehead atoms. The molecular weight excluding hydrogens is 272 g/mol. The van der Waals surface area contributed by atoms with Crippen LogP contribution >= 0.6 is 0 Å². The molecule has 7 heteroatoms. The van der Waals surface area contributed by atoms with Crippen LogP contribution in [0, 0.1) is 13.8 Å². The summed E-state index contributed by atoms with van der Waals surface area (Å²) in [5.41, 5.74) is 1.18. The summed E-state index contributed by atoms with van der Waals surface area (Å²) >= 11 is 0. The number of piperazine rings is 1. The van der Waals surface area contributed by atoms with E-state index in [9.17, 15) is 9.59 Å². The smallest absolute Gasteiger partial charge is 0.409 e. The van der Waals surface area contributed by atoms with Crippen LogP contribution in [0.1, 0.15) is 28.9 Å². The van der Waals surface area contributed by atoms with Crippen molar-refractivity contribution in [3.8, 4) is 0 Å². The Bertz CT molecular complexity index is 519. The van der Waals surface area contributed by atoms with Crippen LogP contribution < -0.4 is 0 Å². The van der Waals surface area contributed by atoms with Crippen LogP contribution in [0.4, 0.5) is 4.79 Å². The molecule has 7 nitrogen and oxygen atoms in total. The molecule has 2 heterocycles. The fourth-order valence-electron chi connectivity index (χ4n) is 2.30. The van der Waals surface area contributed by atoms with Crippen molar-refractivity contribution in [2.45, 2.75) is 20.8 Å². The zero-order valence-corrected chi connectivity index (χ0v) is 12.6. The van der Waals surface area contributed by atoms with Crippen LogP contribution in [0.25, 0.3) is 0 Å². The minimum Gasteiger partial charge on any atom is -0.450 e. The number of hydrogen-bond donors (Lipinski definition) is 0. The maximum absolute atomic E-state index is 12.4. The summed E-state index contributed by atoms with van der Waals surface area (Å²) in [5, 5.41) is 0. The van der Waals surface area contributed by atoms with Gasteiger partial charge in [-0.3, -0.25) is 4.79 Å². The van der Waals surface area contributed by atoms with Crippen molar-refractivity contribution in [2.75, 3.05) is 32.8 Å². The molecule has 0 spiro atoms. The van der Waals surface area contributed by atoms with Gasteiger partial charge < -0.3 is 14.5 Å². The summed E-state index contributed by atoms with van der Waals surface area (Å²) in [5.74, 6) is 0.468. The fraction of sp³-hybridized carbons (Fsp3) is 0.571. The summed E-state index contributed by atoms with van der Waals surface area (Å²) in [6.07, 6.45) is -0.321. The van der Waals surface area contributed by atoms with Crippen LogP contribution in [-0.2, 0) is 4.74 Å². The van der Waals surface area contributed by atoms with Gasteiger partial charge in [-0.2, -0.15) is 0 Å². The second kappa shape index (κ2) is 6.51. The molecule has 2 amide bonds. The van der Waals surface area contributed by atoms with Gasteiger partial charge in [0.25, 0.3) is 5.91 Å². The maximum Gasteiger partial charge on any atom is 0.409 e. The van der Waals surface area contributed by atoms with Crippen molar-refractivity contribution in [2.24, 2.45) is 0 Å². The standard InChI is InChI=1S/C14H20N4O3/c1-4-21-14(20)18-7-5-17(6-8-18)13(19)12-9-10(2)15-11(3)16-12/h9H,4-8H2,1-3H3. The van der Waals surface area contributed by atoms with E-state index in [2.05, 4.69) is 9.97 Å². The monoisotopic (exact) mass is 292 g/mol. The molecule has 0 radical (unpaired) electrons. The molecule has 1 aromatic heterocycles. The molecule has 1 aliphatic heterocycles. The van der Waals surface area contributed by atoms with Crippen LogP contribution in [-0.4, -0.2) is 64.6 Å². The molecule has 0 saturated carbocycles. The molecule has 1 fully saturated rings. The lowest BCUT2D eigenvalue weighted by Gasteiger charge is -2.33. The lowest BCUT2D eigenvalue weighted by Crippen LogP contribution is -2.50. The normalized spacial score (nSPS) is 15.0. The summed E-state index contributed by atoms with van der Waals surface area (Å²) in [6, 6.07) is 1.69. The van der Waals surface area contributed by atoms with E-state index in [4.69, 9.17) is 4.74 Å². The van der Waals surface area contributed by atoms with Crippen molar-refractivity contribution < 1.29 is 14.3 Å². The molecular formula is C14H20N4O3. The molecule has 1 aromatic rings. The first-order valence-corrected chi connectivity index (χ1v) is 7.04. The highest BCUT2D eigenvalue weighted by atomic mass is 16.6. The quantitative estimate of drug-likeness (QED) is 0.813. The Morgan fingerprint density at radius 1 is 1.14 bits per heavy atom. The van der Waals surface area contributed by atoms with E-state index < -0.39 is 0 Å². The van der Waals surface area contributed by atoms with Crippen molar-refractivity contribution in [1.82, 2.24) is 19.8 Å². The van der Waals surface area contributed by atoms with Gasteiger partial charge in [0.15, 0.2) is 0 Å². The highest BCUT2D eigenvalue weighted by molar-refractivity contribution is 5.92. The van der Waals surface area contributed by atoms with Crippen molar-refractivity contribution in [1.29, 1.82) is 0 Å². The van der Waals surface area contributed by atoms with Crippen LogP contribution in [0.5, 0.6) is 0 Å². The van der Waals surface area contributed by atoms with Gasteiger partial charge in [-0.1, -0.05) is 0 Å². The molecule has 114 valence electrons. The van der Waals surface area contributed by atoms with Gasteiger partial charge >= 0.3 is 6.09 Å². The van der Waals surface area contributed by atoms with Crippen LogP contribution in [0.15, 0.2) is 6.07 Å². The Balaban J connectivity index is 1.98. The largest absolute Gasteiger partial charge is 0.450 e. The number of carbonyl (C=O) groups is 2. The van der Waals surface area contributed by atoms with E-state index >= 15 is 0 Å². The Hall–Kier alpha value is -2.18. The number of amides is 2. The first-order valence-electron chi connectivity index (χ1n) is 7.04. The molecule has 0 aliphatic carbocycles. The topological polar surface area (TPSA) is 75.6 Å². The van der Waals surface area contributed by atoms with E-state index in [0.717, 1.165) is 5.69 Å².